The minimum absolute atomic E-state index is 0.00660. The van der Waals surface area contributed by atoms with Gasteiger partial charge < -0.3 is 35.4 Å². The number of cyclic esters (lactones) is 1. The molecule has 3 N–H and O–H groups in total. The number of esters is 1. The smallest absolute Gasteiger partial charge is 0.328 e. The minimum Gasteiger partial charge on any atom is -0.461 e. The van der Waals surface area contributed by atoms with E-state index in [1.165, 1.54) is 41.7 Å². The number of amides is 6. The second-order valence-corrected chi connectivity index (χ2v) is 13.6. The Hall–Kier alpha value is -4.89. The van der Waals surface area contributed by atoms with Crippen LogP contribution in [0.2, 0.25) is 0 Å². The van der Waals surface area contributed by atoms with Crippen LogP contribution in [0.3, 0.4) is 0 Å². The van der Waals surface area contributed by atoms with Gasteiger partial charge in [0.25, 0.3) is 0 Å². The quantitative estimate of drug-likeness (QED) is 0.272. The second kappa shape index (κ2) is 16.9. The molecule has 0 spiro atoms. The predicted molar refractivity (Wildman–Crippen MR) is 178 cm³/mol. The molecule has 0 aliphatic carbocycles. The molecule has 3 saturated heterocycles. The summed E-state index contributed by atoms with van der Waals surface area (Å²) in [5, 5.41) is 7.67. The number of benzene rings is 1. The summed E-state index contributed by atoms with van der Waals surface area (Å²) >= 11 is 0. The molecule has 1 aromatic carbocycles. The van der Waals surface area contributed by atoms with Gasteiger partial charge in [0.05, 0.1) is 0 Å². The Balaban J connectivity index is 1.68. The number of rotatable bonds is 7. The third-order valence-corrected chi connectivity index (χ3v) is 9.30. The van der Waals surface area contributed by atoms with Crippen LogP contribution in [-0.2, 0) is 44.7 Å². The van der Waals surface area contributed by atoms with Crippen molar-refractivity contribution in [2.24, 2.45) is 5.92 Å². The Morgan fingerprint density at radius 3 is 2.18 bits per heavy atom. The van der Waals surface area contributed by atoms with Gasteiger partial charge in [-0.2, -0.15) is 0 Å². The minimum atomic E-state index is -1.56. The molecule has 3 heterocycles. The Bertz CT molecular complexity index is 1550. The van der Waals surface area contributed by atoms with Gasteiger partial charge in [-0.1, -0.05) is 19.9 Å². The number of nitrogens with zero attached hydrogens (tertiary/aromatic N) is 3. The Labute approximate surface area is 295 Å². The van der Waals surface area contributed by atoms with E-state index >= 15 is 0 Å². The predicted octanol–water partition coefficient (Wildman–Crippen LogP) is 0.580. The van der Waals surface area contributed by atoms with Gasteiger partial charge in [0.1, 0.15) is 54.5 Å². The molecule has 1 aromatic rings. The van der Waals surface area contributed by atoms with E-state index in [1.807, 2.05) is 13.8 Å². The number of carbonyl (C=O) groups excluding carboxylic acids is 7. The Kier molecular flexibility index (Phi) is 12.9. The molecular weight excluding hydrogens is 670 g/mol. The molecule has 0 aromatic heterocycles. The van der Waals surface area contributed by atoms with Gasteiger partial charge in [-0.25, -0.2) is 13.6 Å². The average Bonchev–Trinajstić information content (AvgIpc) is 3.77. The molecule has 3 aliphatic rings. The van der Waals surface area contributed by atoms with E-state index in [0.29, 0.717) is 18.9 Å². The SMILES string of the molecule is CC(C)/C=C/C(=O)N[C@@H](Cc1cc(F)cc(F)c1)C(=O)N[C@H]1COC(=O)[C@@H]2CCCN2C(=O)[C@H](C)NC(=O)[C@H](C)N(C)C(=O)[C@@H]2CCCN2C1=O. The van der Waals surface area contributed by atoms with Gasteiger partial charge in [0.2, 0.25) is 35.4 Å². The number of carbonyl (C=O) groups is 7. The first-order valence-corrected chi connectivity index (χ1v) is 17.2. The van der Waals surface area contributed by atoms with Crippen molar-refractivity contribution in [3.8, 4) is 0 Å². The monoisotopic (exact) mass is 716 g/mol. The van der Waals surface area contributed by atoms with Gasteiger partial charge in [-0.05, 0) is 69.2 Å². The summed E-state index contributed by atoms with van der Waals surface area (Å²) in [4.78, 5) is 98.1. The summed E-state index contributed by atoms with van der Waals surface area (Å²) in [6.45, 7) is 6.29. The van der Waals surface area contributed by atoms with E-state index in [1.54, 1.807) is 6.08 Å². The summed E-state index contributed by atoms with van der Waals surface area (Å²) in [5.74, 6) is -6.69. The molecular formula is C35H46F2N6O8. The van der Waals surface area contributed by atoms with Crippen LogP contribution in [0.4, 0.5) is 8.78 Å². The molecule has 3 fully saturated rings. The molecule has 51 heavy (non-hydrogen) atoms. The number of hydrogen-bond acceptors (Lipinski definition) is 8. The van der Waals surface area contributed by atoms with Crippen LogP contribution in [0, 0.1) is 17.6 Å². The number of fused-ring (bicyclic) bond motifs is 2. The van der Waals surface area contributed by atoms with Gasteiger partial charge in [0, 0.05) is 32.6 Å². The van der Waals surface area contributed by atoms with Crippen LogP contribution < -0.4 is 16.0 Å². The lowest BCUT2D eigenvalue weighted by atomic mass is 10.0. The number of nitrogens with one attached hydrogen (secondary N) is 3. The number of likely N-dealkylation sites (N-methyl/N-ethyl adjacent to an activating group) is 1. The van der Waals surface area contributed by atoms with Crippen molar-refractivity contribution >= 4 is 41.4 Å². The lowest BCUT2D eigenvalue weighted by molar-refractivity contribution is -0.158. The standard InChI is InChI=1S/C35H46F2N6O8/c1-19(2)10-11-29(44)39-25(16-22-14-23(36)17-24(37)15-22)31(46)40-26-18-51-35(50)28-9-7-13-43(28)32(47)20(3)38-30(45)21(4)41(5)34(49)27-8-6-12-42(27)33(26)48/h10-11,14-15,17,19-21,25-28H,6-9,12-13,16,18H2,1-5H3,(H,38,45)(H,39,44)(H,40,46)/b11-10+/t20-,21-,25-,26-,27-,28-/m0/s1. The lowest BCUT2D eigenvalue weighted by Crippen LogP contribution is -2.60. The molecule has 278 valence electrons. The van der Waals surface area contributed by atoms with Crippen LogP contribution in [0.1, 0.15) is 58.9 Å². The Morgan fingerprint density at radius 2 is 1.55 bits per heavy atom. The molecule has 0 radical (unpaired) electrons. The molecule has 16 heteroatoms. The molecule has 6 amide bonds. The topological polar surface area (TPSA) is 175 Å². The number of halogens is 2. The normalized spacial score (nSPS) is 25.8. The third-order valence-electron chi connectivity index (χ3n) is 9.30. The maximum atomic E-state index is 14.2. The highest BCUT2D eigenvalue weighted by atomic mass is 19.1. The highest BCUT2D eigenvalue weighted by Crippen LogP contribution is 2.23. The van der Waals surface area contributed by atoms with E-state index in [9.17, 15) is 42.3 Å². The number of ether oxygens (including phenoxy) is 1. The molecule has 14 nitrogen and oxygen atoms in total. The van der Waals surface area contributed by atoms with Crippen LogP contribution >= 0.6 is 0 Å². The zero-order chi connectivity index (χ0) is 37.6. The first-order valence-electron chi connectivity index (χ1n) is 17.2. The van der Waals surface area contributed by atoms with Crippen LogP contribution in [0.5, 0.6) is 0 Å². The Morgan fingerprint density at radius 1 is 0.941 bits per heavy atom. The van der Waals surface area contributed by atoms with Crippen molar-refractivity contribution in [2.75, 3.05) is 26.7 Å². The first kappa shape index (κ1) is 38.9. The van der Waals surface area contributed by atoms with Gasteiger partial charge in [0.15, 0.2) is 0 Å². The summed E-state index contributed by atoms with van der Waals surface area (Å²) in [6, 6.07) is -4.40. The maximum absolute atomic E-state index is 14.2. The lowest BCUT2D eigenvalue weighted by Gasteiger charge is -2.34. The van der Waals surface area contributed by atoms with E-state index in [0.717, 1.165) is 12.1 Å². The van der Waals surface area contributed by atoms with Crippen molar-refractivity contribution in [1.82, 2.24) is 30.7 Å². The molecule has 0 saturated carbocycles. The fourth-order valence-electron chi connectivity index (χ4n) is 6.39. The van der Waals surface area contributed by atoms with Crippen molar-refractivity contribution < 1.29 is 47.1 Å². The van der Waals surface area contributed by atoms with Crippen molar-refractivity contribution in [1.29, 1.82) is 0 Å². The summed E-state index contributed by atoms with van der Waals surface area (Å²) in [7, 11) is 1.41. The van der Waals surface area contributed by atoms with E-state index in [-0.39, 0.29) is 43.8 Å². The zero-order valence-corrected chi connectivity index (χ0v) is 29.4. The van der Waals surface area contributed by atoms with Gasteiger partial charge in [-0.15, -0.1) is 0 Å². The van der Waals surface area contributed by atoms with Crippen molar-refractivity contribution in [2.45, 2.75) is 96.1 Å². The first-order chi connectivity index (χ1) is 24.1. The fourth-order valence-corrected chi connectivity index (χ4v) is 6.39. The van der Waals surface area contributed by atoms with Gasteiger partial charge in [-0.3, -0.25) is 28.8 Å². The van der Waals surface area contributed by atoms with Crippen molar-refractivity contribution in [3.63, 3.8) is 0 Å². The summed E-state index contributed by atoms with van der Waals surface area (Å²) in [6.07, 6.45) is 3.84. The maximum Gasteiger partial charge on any atom is 0.328 e. The molecule has 3 aliphatic heterocycles. The van der Waals surface area contributed by atoms with Crippen LogP contribution in [-0.4, -0.2) is 119 Å². The fraction of sp³-hybridized carbons (Fsp3) is 0.571. The number of allylic oxidation sites excluding steroid dienone is 1. The van der Waals surface area contributed by atoms with Gasteiger partial charge >= 0.3 is 5.97 Å². The third kappa shape index (κ3) is 9.67. The summed E-state index contributed by atoms with van der Waals surface area (Å²) in [5.41, 5.74) is 0.0446. The molecule has 4 rings (SSSR count). The van der Waals surface area contributed by atoms with Crippen LogP contribution in [0.15, 0.2) is 30.4 Å². The highest BCUT2D eigenvalue weighted by molar-refractivity contribution is 5.98. The highest BCUT2D eigenvalue weighted by Gasteiger charge is 2.43. The molecule has 6 atom stereocenters. The van der Waals surface area contributed by atoms with Crippen molar-refractivity contribution in [3.05, 3.63) is 47.5 Å². The largest absolute Gasteiger partial charge is 0.461 e. The summed E-state index contributed by atoms with van der Waals surface area (Å²) < 4.78 is 33.7. The molecule has 0 bridgehead atoms. The van der Waals surface area contributed by atoms with E-state index in [2.05, 4.69) is 16.0 Å². The van der Waals surface area contributed by atoms with Crippen LogP contribution in [0.25, 0.3) is 0 Å². The van der Waals surface area contributed by atoms with E-state index < -0.39 is 95.9 Å². The van der Waals surface area contributed by atoms with E-state index in [4.69, 9.17) is 4.74 Å². The molecule has 0 unspecified atom stereocenters. The number of hydrogen-bond donors (Lipinski definition) is 3. The average molecular weight is 717 g/mol. The zero-order valence-electron chi connectivity index (χ0n) is 29.4. The second-order valence-electron chi connectivity index (χ2n) is 13.6.